The Kier molecular flexibility index (Phi) is 9.21. The van der Waals surface area contributed by atoms with Crippen LogP contribution in [0, 0.1) is 0 Å². The van der Waals surface area contributed by atoms with Gasteiger partial charge in [0.2, 0.25) is 0 Å². The summed E-state index contributed by atoms with van der Waals surface area (Å²) in [6.07, 6.45) is -2.55. The Hall–Kier alpha value is -3.15. The van der Waals surface area contributed by atoms with Crippen molar-refractivity contribution in [2.75, 3.05) is 24.6 Å². The Balaban J connectivity index is 0.000000479. The number of carboxylic acids is 1. The van der Waals surface area contributed by atoms with Gasteiger partial charge < -0.3 is 20.1 Å². The van der Waals surface area contributed by atoms with Crippen LogP contribution in [0.1, 0.15) is 67.7 Å². The summed E-state index contributed by atoms with van der Waals surface area (Å²) in [5.74, 6) is -2.57. The summed E-state index contributed by atoms with van der Waals surface area (Å²) >= 11 is 0. The summed E-state index contributed by atoms with van der Waals surface area (Å²) in [6.45, 7) is 8.46. The fraction of sp³-hybridized carbons (Fsp3) is 0.524. The van der Waals surface area contributed by atoms with Gasteiger partial charge in [-0.1, -0.05) is 12.1 Å². The van der Waals surface area contributed by atoms with Gasteiger partial charge in [-0.2, -0.15) is 13.2 Å². The van der Waals surface area contributed by atoms with Gasteiger partial charge >= 0.3 is 18.1 Å². The van der Waals surface area contributed by atoms with E-state index in [-0.39, 0.29) is 17.9 Å². The van der Waals surface area contributed by atoms with Crippen LogP contribution in [0.3, 0.4) is 0 Å². The second-order valence-corrected chi connectivity index (χ2v) is 7.47. The van der Waals surface area contributed by atoms with Crippen molar-refractivity contribution in [2.45, 2.75) is 51.9 Å². The Morgan fingerprint density at radius 1 is 1.24 bits per heavy atom. The lowest BCUT2D eigenvalue weighted by Crippen LogP contribution is -2.24. The van der Waals surface area contributed by atoms with Crippen LogP contribution in [0.5, 0.6) is 0 Å². The zero-order valence-corrected chi connectivity index (χ0v) is 18.6. The fourth-order valence-corrected chi connectivity index (χ4v) is 3.27. The van der Waals surface area contributed by atoms with Gasteiger partial charge in [0.15, 0.2) is 0 Å². The number of carbonyl (C=O) groups excluding carboxylic acids is 1. The highest BCUT2D eigenvalue weighted by Gasteiger charge is 2.38. The summed E-state index contributed by atoms with van der Waals surface area (Å²) in [4.78, 5) is 27.3. The molecule has 3 rings (SSSR count). The van der Waals surface area contributed by atoms with Gasteiger partial charge in [-0.25, -0.2) is 14.6 Å². The molecule has 1 fully saturated rings. The zero-order chi connectivity index (χ0) is 24.6. The molecule has 1 aliphatic rings. The molecule has 9 nitrogen and oxygen atoms in total. The number of anilines is 1. The maximum absolute atomic E-state index is 11.7. The first kappa shape index (κ1) is 26.1. The zero-order valence-electron chi connectivity index (χ0n) is 18.6. The molecule has 182 valence electrons. The first-order valence-corrected chi connectivity index (χ1v) is 10.5. The predicted octanol–water partition coefficient (Wildman–Crippen LogP) is 3.63. The van der Waals surface area contributed by atoms with Crippen LogP contribution in [0.15, 0.2) is 24.3 Å². The van der Waals surface area contributed by atoms with E-state index in [0.717, 1.165) is 13.1 Å². The van der Waals surface area contributed by atoms with Crippen LogP contribution >= 0.6 is 0 Å². The van der Waals surface area contributed by atoms with E-state index in [4.69, 9.17) is 14.6 Å². The van der Waals surface area contributed by atoms with Gasteiger partial charge in [-0.05, 0) is 51.3 Å². The molecule has 0 aliphatic carbocycles. The molecule has 2 aromatic rings. The number of carbonyl (C=O) groups is 2. The molecule has 2 atom stereocenters. The van der Waals surface area contributed by atoms with Gasteiger partial charge in [0.25, 0.3) is 5.82 Å². The normalized spacial score (nSPS) is 15.4. The number of alkyl halides is 3. The number of ether oxygens (including phenoxy) is 1. The molecule has 1 saturated heterocycles. The molecule has 1 aliphatic heterocycles. The minimum atomic E-state index is -5.08. The van der Waals surface area contributed by atoms with Crippen LogP contribution in [0.25, 0.3) is 0 Å². The topological polar surface area (TPSA) is 120 Å². The SMILES string of the molecule is CCOC(=O)c1n[nH]c(C(C)NC(C)c2cccc(N3CCCC3)c2)n1.O=C(O)C(F)(F)F. The number of nitrogens with one attached hydrogen (secondary N) is 2. The Labute approximate surface area is 189 Å². The highest BCUT2D eigenvalue weighted by atomic mass is 19.4. The Morgan fingerprint density at radius 2 is 1.88 bits per heavy atom. The number of aromatic amines is 1. The van der Waals surface area contributed by atoms with Crippen molar-refractivity contribution in [1.82, 2.24) is 20.5 Å². The molecule has 33 heavy (non-hydrogen) atoms. The predicted molar refractivity (Wildman–Crippen MR) is 114 cm³/mol. The van der Waals surface area contributed by atoms with Crippen LogP contribution in [0.4, 0.5) is 18.9 Å². The standard InChI is InChI=1S/C19H27N5O2.C2HF3O2/c1-4-26-19(25)18-21-17(22-23-18)14(3)20-13(2)15-8-7-9-16(12-15)24-10-5-6-11-24;3-2(4,5)1(6)7/h7-9,12-14,20H,4-6,10-11H2,1-3H3,(H,21,22,23);(H,6,7). The van der Waals surface area contributed by atoms with Crippen LogP contribution in [-0.2, 0) is 9.53 Å². The van der Waals surface area contributed by atoms with Crippen LogP contribution in [0.2, 0.25) is 0 Å². The number of aromatic nitrogens is 3. The number of nitrogens with zero attached hydrogens (tertiary/aromatic N) is 3. The van der Waals surface area contributed by atoms with E-state index in [0.29, 0.717) is 12.4 Å². The third-order valence-electron chi connectivity index (χ3n) is 4.95. The van der Waals surface area contributed by atoms with Crippen molar-refractivity contribution < 1.29 is 32.6 Å². The summed E-state index contributed by atoms with van der Waals surface area (Å²) in [5.41, 5.74) is 2.51. The minimum Gasteiger partial charge on any atom is -0.475 e. The van der Waals surface area contributed by atoms with Crippen molar-refractivity contribution >= 4 is 17.6 Å². The fourth-order valence-electron chi connectivity index (χ4n) is 3.27. The molecule has 0 spiro atoms. The van der Waals surface area contributed by atoms with E-state index in [1.807, 2.05) is 6.92 Å². The monoisotopic (exact) mass is 471 g/mol. The van der Waals surface area contributed by atoms with Crippen molar-refractivity contribution in [3.63, 3.8) is 0 Å². The molecule has 2 unspecified atom stereocenters. The van der Waals surface area contributed by atoms with Gasteiger partial charge in [-0.3, -0.25) is 5.10 Å². The third kappa shape index (κ3) is 7.74. The molecule has 1 aromatic heterocycles. The number of carboxylic acid groups (broad SMARTS) is 1. The molecule has 0 amide bonds. The second-order valence-electron chi connectivity index (χ2n) is 7.47. The number of aliphatic carboxylic acids is 1. The van der Waals surface area contributed by atoms with Crippen LogP contribution < -0.4 is 10.2 Å². The highest BCUT2D eigenvalue weighted by molar-refractivity contribution is 5.84. The molecule has 3 N–H and O–H groups in total. The maximum Gasteiger partial charge on any atom is 0.490 e. The number of hydrogen-bond donors (Lipinski definition) is 3. The van der Waals surface area contributed by atoms with Gasteiger partial charge in [-0.15, -0.1) is 5.10 Å². The second kappa shape index (κ2) is 11.6. The minimum absolute atomic E-state index is 0.0687. The summed E-state index contributed by atoms with van der Waals surface area (Å²) in [5, 5.41) is 17.4. The van der Waals surface area contributed by atoms with Crippen molar-refractivity contribution in [2.24, 2.45) is 0 Å². The lowest BCUT2D eigenvalue weighted by molar-refractivity contribution is -0.192. The number of hydrogen-bond acceptors (Lipinski definition) is 7. The summed E-state index contributed by atoms with van der Waals surface area (Å²) in [7, 11) is 0. The number of H-pyrrole nitrogens is 1. The third-order valence-corrected chi connectivity index (χ3v) is 4.95. The Morgan fingerprint density at radius 3 is 2.45 bits per heavy atom. The molecule has 2 heterocycles. The van der Waals surface area contributed by atoms with Crippen LogP contribution in [-0.4, -0.2) is 58.1 Å². The summed E-state index contributed by atoms with van der Waals surface area (Å²) in [6, 6.07) is 8.74. The molecular formula is C21H28F3N5O4. The van der Waals surface area contributed by atoms with E-state index < -0.39 is 18.1 Å². The summed E-state index contributed by atoms with van der Waals surface area (Å²) < 4.78 is 36.7. The van der Waals surface area contributed by atoms with Gasteiger partial charge in [0.1, 0.15) is 5.82 Å². The van der Waals surface area contributed by atoms with E-state index >= 15 is 0 Å². The lowest BCUT2D eigenvalue weighted by atomic mass is 10.1. The average molecular weight is 471 g/mol. The molecular weight excluding hydrogens is 443 g/mol. The quantitative estimate of drug-likeness (QED) is 0.524. The Bertz CT molecular complexity index is 929. The van der Waals surface area contributed by atoms with Gasteiger partial charge in [0, 0.05) is 24.8 Å². The maximum atomic E-state index is 11.7. The largest absolute Gasteiger partial charge is 0.490 e. The van der Waals surface area contributed by atoms with Crippen molar-refractivity contribution in [3.05, 3.63) is 41.5 Å². The molecule has 12 heteroatoms. The average Bonchev–Trinajstić information content (AvgIpc) is 3.46. The van der Waals surface area contributed by atoms with E-state index in [9.17, 15) is 18.0 Å². The molecule has 0 saturated carbocycles. The molecule has 0 radical (unpaired) electrons. The molecule has 1 aromatic carbocycles. The van der Waals surface area contributed by atoms with Crippen molar-refractivity contribution in [1.29, 1.82) is 0 Å². The highest BCUT2D eigenvalue weighted by Crippen LogP contribution is 2.25. The molecule has 0 bridgehead atoms. The lowest BCUT2D eigenvalue weighted by Gasteiger charge is -2.22. The van der Waals surface area contributed by atoms with E-state index in [2.05, 4.69) is 56.6 Å². The number of halogens is 3. The van der Waals surface area contributed by atoms with E-state index in [1.54, 1.807) is 6.92 Å². The number of esters is 1. The van der Waals surface area contributed by atoms with E-state index in [1.165, 1.54) is 24.1 Å². The first-order valence-electron chi connectivity index (χ1n) is 10.5. The van der Waals surface area contributed by atoms with Crippen molar-refractivity contribution in [3.8, 4) is 0 Å². The smallest absolute Gasteiger partial charge is 0.475 e. The first-order chi connectivity index (χ1) is 15.5. The number of benzene rings is 1. The van der Waals surface area contributed by atoms with Gasteiger partial charge in [0.05, 0.1) is 12.6 Å². The number of rotatable bonds is 7.